The molecule has 3 atom stereocenters. The molecule has 2 amide bonds. The standard InChI is InChI=1S/C38H38F3N3O9/c1-22(2)30(35(49)38(39,40)41)19-32(46)34(25-10-13-28(52-3)14-11-25)44-37(51)31(17-23-6-4-7-24(16-23)20-42)43-36(50)26-8-5-9-29(18-26)53-21-27(45)12-15-33(47)48/h4-11,13-14,16,18,22,30-31,34H,12,15,17,19,21H2,1-3H3,(H,43,50)(H,44,51)(H,47,48)/t30-,31-,34-/m0/s1. The number of methoxy groups -OCH3 is 1. The minimum Gasteiger partial charge on any atom is -0.497 e. The Hall–Kier alpha value is -6.04. The molecule has 3 rings (SSSR count). The van der Waals surface area contributed by atoms with E-state index in [-0.39, 0.29) is 41.7 Å². The molecule has 0 saturated carbocycles. The predicted molar refractivity (Wildman–Crippen MR) is 183 cm³/mol. The van der Waals surface area contributed by atoms with E-state index in [0.717, 1.165) is 0 Å². The van der Waals surface area contributed by atoms with Gasteiger partial charge in [-0.3, -0.25) is 28.8 Å². The van der Waals surface area contributed by atoms with Gasteiger partial charge in [0.15, 0.2) is 11.6 Å². The molecule has 0 aliphatic carbocycles. The van der Waals surface area contributed by atoms with Gasteiger partial charge in [-0.2, -0.15) is 18.4 Å². The van der Waals surface area contributed by atoms with Crippen molar-refractivity contribution in [3.63, 3.8) is 0 Å². The maximum Gasteiger partial charge on any atom is 0.450 e. The summed E-state index contributed by atoms with van der Waals surface area (Å²) in [4.78, 5) is 76.3. The Balaban J connectivity index is 1.94. The second-order valence-electron chi connectivity index (χ2n) is 12.4. The molecule has 0 radical (unpaired) electrons. The second-order valence-corrected chi connectivity index (χ2v) is 12.4. The third-order valence-electron chi connectivity index (χ3n) is 8.13. The third kappa shape index (κ3) is 12.6. The lowest BCUT2D eigenvalue weighted by molar-refractivity contribution is -0.177. The van der Waals surface area contributed by atoms with Gasteiger partial charge in [0.1, 0.15) is 30.2 Å². The number of nitrogens with zero attached hydrogens (tertiary/aromatic N) is 1. The highest BCUT2D eigenvalue weighted by atomic mass is 19.4. The van der Waals surface area contributed by atoms with Crippen molar-refractivity contribution in [1.29, 1.82) is 5.26 Å². The Morgan fingerprint density at radius 1 is 0.887 bits per heavy atom. The topological polar surface area (TPSA) is 189 Å². The van der Waals surface area contributed by atoms with Crippen LogP contribution in [-0.4, -0.2) is 66.2 Å². The summed E-state index contributed by atoms with van der Waals surface area (Å²) in [7, 11) is 1.40. The van der Waals surface area contributed by atoms with Crippen LogP contribution < -0.4 is 20.1 Å². The number of hydrogen-bond acceptors (Lipinski definition) is 9. The highest BCUT2D eigenvalue weighted by Gasteiger charge is 2.45. The maximum atomic E-state index is 14.0. The quantitative estimate of drug-likeness (QED) is 0.152. The molecule has 0 unspecified atom stereocenters. The summed E-state index contributed by atoms with van der Waals surface area (Å²) in [6, 6.07) is 16.6. The van der Waals surface area contributed by atoms with Gasteiger partial charge in [-0.1, -0.05) is 44.2 Å². The van der Waals surface area contributed by atoms with Crippen LogP contribution in [0.5, 0.6) is 11.5 Å². The van der Waals surface area contributed by atoms with Crippen LogP contribution in [0.3, 0.4) is 0 Å². The van der Waals surface area contributed by atoms with E-state index in [9.17, 15) is 47.2 Å². The van der Waals surface area contributed by atoms with Crippen LogP contribution in [0.15, 0.2) is 72.8 Å². The Labute approximate surface area is 303 Å². The molecule has 0 saturated heterocycles. The molecule has 3 aromatic carbocycles. The smallest absolute Gasteiger partial charge is 0.450 e. The molecule has 3 N–H and O–H groups in total. The zero-order valence-corrected chi connectivity index (χ0v) is 29.1. The monoisotopic (exact) mass is 737 g/mol. The molecule has 0 aromatic heterocycles. The van der Waals surface area contributed by atoms with Crippen molar-refractivity contribution < 1.29 is 56.5 Å². The van der Waals surface area contributed by atoms with Crippen LogP contribution in [0.1, 0.15) is 66.2 Å². The molecular formula is C38H38F3N3O9. The molecule has 280 valence electrons. The summed E-state index contributed by atoms with van der Waals surface area (Å²) in [5, 5.41) is 23.3. The number of alkyl halides is 3. The number of ether oxygens (including phenoxy) is 2. The molecule has 3 aromatic rings. The van der Waals surface area contributed by atoms with E-state index >= 15 is 0 Å². The molecule has 0 spiro atoms. The number of nitrogens with one attached hydrogen (secondary N) is 2. The molecule has 53 heavy (non-hydrogen) atoms. The number of Topliss-reactive ketones (excluding diaryl/α,β-unsaturated/α-hetero) is 3. The van der Waals surface area contributed by atoms with Crippen LogP contribution in [0.25, 0.3) is 0 Å². The van der Waals surface area contributed by atoms with Gasteiger partial charge in [-0.05, 0) is 59.5 Å². The average molecular weight is 738 g/mol. The highest BCUT2D eigenvalue weighted by molar-refractivity contribution is 6.00. The number of carbonyl (C=O) groups excluding carboxylic acids is 5. The molecule has 0 bridgehead atoms. The van der Waals surface area contributed by atoms with Crippen molar-refractivity contribution >= 4 is 35.1 Å². The normalized spacial score (nSPS) is 12.8. The minimum atomic E-state index is -5.19. The minimum absolute atomic E-state index is 0.00252. The van der Waals surface area contributed by atoms with E-state index in [1.807, 2.05) is 6.07 Å². The van der Waals surface area contributed by atoms with Crippen molar-refractivity contribution in [1.82, 2.24) is 10.6 Å². The van der Waals surface area contributed by atoms with Crippen LogP contribution in [-0.2, 0) is 30.4 Å². The summed E-state index contributed by atoms with van der Waals surface area (Å²) >= 11 is 0. The number of amides is 2. The predicted octanol–water partition coefficient (Wildman–Crippen LogP) is 4.94. The number of rotatable bonds is 19. The number of benzene rings is 3. The molecule has 15 heteroatoms. The molecule has 12 nitrogen and oxygen atoms in total. The van der Waals surface area contributed by atoms with Gasteiger partial charge in [-0.15, -0.1) is 0 Å². The lowest BCUT2D eigenvalue weighted by Crippen LogP contribution is -2.50. The first kappa shape index (κ1) is 41.4. The van der Waals surface area contributed by atoms with E-state index < -0.39 is 78.3 Å². The third-order valence-corrected chi connectivity index (χ3v) is 8.13. The summed E-state index contributed by atoms with van der Waals surface area (Å²) in [5.74, 6) is -8.40. The van der Waals surface area contributed by atoms with Crippen molar-refractivity contribution in [3.8, 4) is 17.6 Å². The summed E-state index contributed by atoms with van der Waals surface area (Å²) in [5.41, 5.74) is 0.878. The first-order valence-corrected chi connectivity index (χ1v) is 16.4. The number of carbonyl (C=O) groups is 6. The van der Waals surface area contributed by atoms with Crippen LogP contribution in [0, 0.1) is 23.2 Å². The zero-order valence-electron chi connectivity index (χ0n) is 29.1. The van der Waals surface area contributed by atoms with E-state index in [1.54, 1.807) is 12.1 Å². The van der Waals surface area contributed by atoms with Gasteiger partial charge < -0.3 is 25.2 Å². The van der Waals surface area contributed by atoms with Crippen LogP contribution in [0.2, 0.25) is 0 Å². The molecule has 0 aliphatic heterocycles. The van der Waals surface area contributed by atoms with E-state index in [2.05, 4.69) is 10.6 Å². The fourth-order valence-corrected chi connectivity index (χ4v) is 5.23. The second kappa shape index (κ2) is 19.0. The van der Waals surface area contributed by atoms with Crippen molar-refractivity contribution in [2.45, 2.75) is 57.8 Å². The molecule has 0 aliphatic rings. The van der Waals surface area contributed by atoms with Gasteiger partial charge in [0.25, 0.3) is 5.91 Å². The van der Waals surface area contributed by atoms with Crippen molar-refractivity contribution in [2.24, 2.45) is 11.8 Å². The molecular weight excluding hydrogens is 699 g/mol. The number of halogens is 3. The van der Waals surface area contributed by atoms with E-state index in [4.69, 9.17) is 14.6 Å². The Kier molecular flexibility index (Phi) is 14.8. The molecule has 0 heterocycles. The lowest BCUT2D eigenvalue weighted by atomic mass is 9.84. The van der Waals surface area contributed by atoms with E-state index in [1.165, 1.54) is 81.6 Å². The Bertz CT molecular complexity index is 1850. The lowest BCUT2D eigenvalue weighted by Gasteiger charge is -2.26. The van der Waals surface area contributed by atoms with Gasteiger partial charge in [0.2, 0.25) is 11.7 Å². The number of carboxylic acids is 1. The summed E-state index contributed by atoms with van der Waals surface area (Å²) in [6.07, 6.45) is -6.86. The van der Waals surface area contributed by atoms with Gasteiger partial charge in [0.05, 0.1) is 25.2 Å². The fourth-order valence-electron chi connectivity index (χ4n) is 5.23. The first-order chi connectivity index (χ1) is 25.0. The number of ketones is 3. The zero-order chi connectivity index (χ0) is 39.3. The van der Waals surface area contributed by atoms with Gasteiger partial charge >= 0.3 is 12.1 Å². The van der Waals surface area contributed by atoms with Crippen LogP contribution in [0.4, 0.5) is 13.2 Å². The Morgan fingerprint density at radius 2 is 1.57 bits per heavy atom. The number of nitriles is 1. The average Bonchev–Trinajstić information content (AvgIpc) is 3.13. The number of aliphatic carboxylic acids is 1. The van der Waals surface area contributed by atoms with Gasteiger partial charge in [0, 0.05) is 30.7 Å². The van der Waals surface area contributed by atoms with E-state index in [0.29, 0.717) is 11.3 Å². The summed E-state index contributed by atoms with van der Waals surface area (Å²) in [6.45, 7) is 2.30. The Morgan fingerprint density at radius 3 is 2.17 bits per heavy atom. The highest BCUT2D eigenvalue weighted by Crippen LogP contribution is 2.30. The largest absolute Gasteiger partial charge is 0.497 e. The van der Waals surface area contributed by atoms with Gasteiger partial charge in [-0.25, -0.2) is 0 Å². The molecule has 0 fully saturated rings. The number of carboxylic acid groups (broad SMARTS) is 1. The number of hydrogen-bond donors (Lipinski definition) is 3. The van der Waals surface area contributed by atoms with Crippen molar-refractivity contribution in [3.05, 3.63) is 95.1 Å². The fraction of sp³-hybridized carbons (Fsp3) is 0.342. The van der Waals surface area contributed by atoms with Crippen molar-refractivity contribution in [2.75, 3.05) is 13.7 Å². The SMILES string of the molecule is COc1ccc([C@H](NC(=O)[C@H](Cc2cccc(C#N)c2)NC(=O)c2cccc(OCC(=O)CCC(=O)O)c2)C(=O)C[C@H](C(=O)C(F)(F)F)C(C)C)cc1. The van der Waals surface area contributed by atoms with Crippen LogP contribution >= 0.6 is 0 Å². The first-order valence-electron chi connectivity index (χ1n) is 16.4. The summed E-state index contributed by atoms with van der Waals surface area (Å²) < 4.78 is 51.0. The maximum absolute atomic E-state index is 14.0.